The summed E-state index contributed by atoms with van der Waals surface area (Å²) >= 11 is 0. The molecule has 1 heterocycles. The largest absolute Gasteiger partial charge is 0.377 e. The van der Waals surface area contributed by atoms with Crippen LogP contribution in [0.2, 0.25) is 0 Å². The van der Waals surface area contributed by atoms with E-state index in [1.165, 1.54) is 25.8 Å². The second-order valence-corrected chi connectivity index (χ2v) is 6.13. The molecule has 1 fully saturated rings. The highest BCUT2D eigenvalue weighted by molar-refractivity contribution is 4.84. The predicted octanol–water partition coefficient (Wildman–Crippen LogP) is 2.00. The molecule has 0 bridgehead atoms. The Morgan fingerprint density at radius 1 is 1.44 bits per heavy atom. The van der Waals surface area contributed by atoms with Crippen LogP contribution in [0.5, 0.6) is 0 Å². The van der Waals surface area contributed by atoms with E-state index in [-0.39, 0.29) is 11.1 Å². The van der Waals surface area contributed by atoms with Crippen molar-refractivity contribution in [3.05, 3.63) is 0 Å². The number of rotatable bonds is 5. The van der Waals surface area contributed by atoms with Crippen molar-refractivity contribution in [2.24, 2.45) is 5.73 Å². The van der Waals surface area contributed by atoms with Gasteiger partial charge in [-0.15, -0.1) is 0 Å². The number of ether oxygens (including phenoxy) is 1. The molecule has 1 aliphatic heterocycles. The molecule has 3 heteroatoms. The van der Waals surface area contributed by atoms with Gasteiger partial charge in [-0.25, -0.2) is 0 Å². The van der Waals surface area contributed by atoms with E-state index in [9.17, 15) is 0 Å². The van der Waals surface area contributed by atoms with E-state index in [4.69, 9.17) is 10.5 Å². The molecule has 0 aliphatic carbocycles. The van der Waals surface area contributed by atoms with Crippen LogP contribution in [0.1, 0.15) is 46.5 Å². The minimum absolute atomic E-state index is 0.0274. The Labute approximate surface area is 100 Å². The minimum atomic E-state index is -0.0274. The highest BCUT2D eigenvalue weighted by Gasteiger charge is 2.30. The van der Waals surface area contributed by atoms with Gasteiger partial charge in [0.1, 0.15) is 0 Å². The van der Waals surface area contributed by atoms with Gasteiger partial charge in [-0.05, 0) is 59.5 Å². The Balaban J connectivity index is 2.27. The van der Waals surface area contributed by atoms with Crippen LogP contribution in [-0.2, 0) is 4.74 Å². The first kappa shape index (κ1) is 13.9. The van der Waals surface area contributed by atoms with E-state index in [1.807, 2.05) is 7.11 Å². The fourth-order valence-corrected chi connectivity index (χ4v) is 2.42. The Morgan fingerprint density at radius 2 is 2.12 bits per heavy atom. The van der Waals surface area contributed by atoms with E-state index in [1.54, 1.807) is 0 Å². The molecule has 0 aromatic heterocycles. The van der Waals surface area contributed by atoms with Gasteiger partial charge in [0.2, 0.25) is 0 Å². The molecular formula is C13H28N2O. The van der Waals surface area contributed by atoms with Gasteiger partial charge in [-0.2, -0.15) is 0 Å². The summed E-state index contributed by atoms with van der Waals surface area (Å²) in [5.41, 5.74) is 6.03. The summed E-state index contributed by atoms with van der Waals surface area (Å²) in [5.74, 6) is 0. The highest BCUT2D eigenvalue weighted by Crippen LogP contribution is 2.24. The lowest BCUT2D eigenvalue weighted by Gasteiger charge is -2.39. The molecule has 16 heavy (non-hydrogen) atoms. The molecule has 1 saturated heterocycles. The van der Waals surface area contributed by atoms with Crippen molar-refractivity contribution in [1.82, 2.24) is 4.90 Å². The van der Waals surface area contributed by atoms with E-state index >= 15 is 0 Å². The van der Waals surface area contributed by atoms with Gasteiger partial charge in [0.15, 0.2) is 0 Å². The van der Waals surface area contributed by atoms with E-state index in [2.05, 4.69) is 25.7 Å². The van der Waals surface area contributed by atoms with Gasteiger partial charge in [0, 0.05) is 19.2 Å². The zero-order valence-corrected chi connectivity index (χ0v) is 11.4. The van der Waals surface area contributed by atoms with Crippen LogP contribution >= 0.6 is 0 Å². The molecule has 0 radical (unpaired) electrons. The van der Waals surface area contributed by atoms with E-state index in [0.717, 1.165) is 19.5 Å². The van der Waals surface area contributed by atoms with Gasteiger partial charge in [-0.3, -0.25) is 0 Å². The van der Waals surface area contributed by atoms with Crippen LogP contribution in [-0.4, -0.2) is 42.8 Å². The lowest BCUT2D eigenvalue weighted by molar-refractivity contribution is -0.0509. The lowest BCUT2D eigenvalue weighted by atomic mass is 9.94. The molecule has 0 aromatic carbocycles. The quantitative estimate of drug-likeness (QED) is 0.782. The predicted molar refractivity (Wildman–Crippen MR) is 68.6 cm³/mol. The van der Waals surface area contributed by atoms with Crippen molar-refractivity contribution in [3.8, 4) is 0 Å². The summed E-state index contributed by atoms with van der Waals surface area (Å²) in [5, 5.41) is 0. The highest BCUT2D eigenvalue weighted by atomic mass is 16.5. The van der Waals surface area contributed by atoms with Crippen LogP contribution < -0.4 is 5.73 Å². The average Bonchev–Trinajstić information content (AvgIpc) is 2.16. The summed E-state index contributed by atoms with van der Waals surface area (Å²) in [6, 6.07) is 0. The molecule has 2 N–H and O–H groups in total. The molecule has 1 aliphatic rings. The fraction of sp³-hybridized carbons (Fsp3) is 1.00. The number of likely N-dealkylation sites (tertiary alicyclic amines) is 1. The standard InChI is InChI=1S/C13H28N2O/c1-12(2,14)7-5-9-15-10-6-8-13(3,11-15)16-4/h5-11,14H2,1-4H3. The van der Waals surface area contributed by atoms with E-state index in [0.29, 0.717) is 0 Å². The molecule has 1 atom stereocenters. The molecule has 0 amide bonds. The summed E-state index contributed by atoms with van der Waals surface area (Å²) in [6.07, 6.45) is 4.70. The minimum Gasteiger partial charge on any atom is -0.377 e. The molecule has 0 aromatic rings. The molecule has 0 saturated carbocycles. The molecule has 1 unspecified atom stereocenters. The topological polar surface area (TPSA) is 38.5 Å². The molecule has 0 spiro atoms. The normalized spacial score (nSPS) is 28.3. The van der Waals surface area contributed by atoms with Gasteiger partial charge in [0.25, 0.3) is 0 Å². The molecule has 1 rings (SSSR count). The molecule has 96 valence electrons. The van der Waals surface area contributed by atoms with Crippen molar-refractivity contribution < 1.29 is 4.74 Å². The van der Waals surface area contributed by atoms with Crippen LogP contribution in [0, 0.1) is 0 Å². The summed E-state index contributed by atoms with van der Waals surface area (Å²) in [4.78, 5) is 2.51. The van der Waals surface area contributed by atoms with Crippen molar-refractivity contribution in [3.63, 3.8) is 0 Å². The number of piperidine rings is 1. The average molecular weight is 228 g/mol. The summed E-state index contributed by atoms with van der Waals surface area (Å²) in [7, 11) is 1.83. The number of methoxy groups -OCH3 is 1. The Morgan fingerprint density at radius 3 is 2.69 bits per heavy atom. The maximum absolute atomic E-state index is 5.99. The van der Waals surface area contributed by atoms with Crippen molar-refractivity contribution >= 4 is 0 Å². The summed E-state index contributed by atoms with van der Waals surface area (Å²) in [6.45, 7) is 9.84. The zero-order valence-electron chi connectivity index (χ0n) is 11.4. The lowest BCUT2D eigenvalue weighted by Crippen LogP contribution is -2.47. The Bertz CT molecular complexity index is 212. The third-order valence-electron chi connectivity index (χ3n) is 3.53. The maximum Gasteiger partial charge on any atom is 0.0777 e. The van der Waals surface area contributed by atoms with Gasteiger partial charge < -0.3 is 15.4 Å². The Hall–Kier alpha value is -0.120. The summed E-state index contributed by atoms with van der Waals surface area (Å²) < 4.78 is 5.59. The monoisotopic (exact) mass is 228 g/mol. The second kappa shape index (κ2) is 5.48. The number of nitrogens with two attached hydrogens (primary N) is 1. The van der Waals surface area contributed by atoms with Gasteiger partial charge in [-0.1, -0.05) is 0 Å². The first-order chi connectivity index (χ1) is 7.35. The fourth-order valence-electron chi connectivity index (χ4n) is 2.42. The smallest absolute Gasteiger partial charge is 0.0777 e. The molecule has 3 nitrogen and oxygen atoms in total. The second-order valence-electron chi connectivity index (χ2n) is 6.13. The van der Waals surface area contributed by atoms with Crippen LogP contribution in [0.3, 0.4) is 0 Å². The van der Waals surface area contributed by atoms with Crippen LogP contribution in [0.4, 0.5) is 0 Å². The SMILES string of the molecule is COC1(C)CCCN(CCCC(C)(C)N)C1. The molecular weight excluding hydrogens is 200 g/mol. The maximum atomic E-state index is 5.99. The van der Waals surface area contributed by atoms with Gasteiger partial charge in [0.05, 0.1) is 5.60 Å². The third-order valence-corrected chi connectivity index (χ3v) is 3.53. The van der Waals surface area contributed by atoms with Gasteiger partial charge >= 0.3 is 0 Å². The number of hydrogen-bond acceptors (Lipinski definition) is 3. The number of hydrogen-bond donors (Lipinski definition) is 1. The number of nitrogens with zero attached hydrogens (tertiary/aromatic N) is 1. The first-order valence-electron chi connectivity index (χ1n) is 6.41. The van der Waals surface area contributed by atoms with Crippen LogP contribution in [0.25, 0.3) is 0 Å². The van der Waals surface area contributed by atoms with E-state index < -0.39 is 0 Å². The third kappa shape index (κ3) is 4.81. The van der Waals surface area contributed by atoms with Crippen molar-refractivity contribution in [2.45, 2.75) is 57.6 Å². The first-order valence-corrected chi connectivity index (χ1v) is 6.41. The van der Waals surface area contributed by atoms with Crippen LogP contribution in [0.15, 0.2) is 0 Å². The van der Waals surface area contributed by atoms with Crippen molar-refractivity contribution in [1.29, 1.82) is 0 Å². The Kier molecular flexibility index (Phi) is 4.77. The zero-order chi connectivity index (χ0) is 12.2. The van der Waals surface area contributed by atoms with Crippen molar-refractivity contribution in [2.75, 3.05) is 26.7 Å².